The van der Waals surface area contributed by atoms with Crippen LogP contribution in [0.15, 0.2) is 48.5 Å². The fraction of sp³-hybridized carbons (Fsp3) is 0.100. The summed E-state index contributed by atoms with van der Waals surface area (Å²) < 4.78 is 27.4. The number of nitrogens with zero attached hydrogens (tertiary/aromatic N) is 2. The van der Waals surface area contributed by atoms with Gasteiger partial charge in [0.2, 0.25) is 0 Å². The van der Waals surface area contributed by atoms with E-state index in [1.165, 1.54) is 18.2 Å². The summed E-state index contributed by atoms with van der Waals surface area (Å²) >= 11 is 1.54. The predicted molar refractivity (Wildman–Crippen MR) is 102 cm³/mol. The van der Waals surface area contributed by atoms with Crippen LogP contribution in [0.25, 0.3) is 21.3 Å². The van der Waals surface area contributed by atoms with Gasteiger partial charge >= 0.3 is 0 Å². The Hall–Kier alpha value is -2.86. The molecule has 0 saturated heterocycles. The molecule has 4 aromatic rings. The van der Waals surface area contributed by atoms with E-state index in [1.807, 2.05) is 6.92 Å². The lowest BCUT2D eigenvalue weighted by Gasteiger charge is -2.11. The average molecular weight is 367 g/mol. The number of anilines is 2. The zero-order valence-corrected chi connectivity index (χ0v) is 15.0. The second-order valence-electron chi connectivity index (χ2n) is 5.94. The van der Waals surface area contributed by atoms with Crippen molar-refractivity contribution in [2.24, 2.45) is 0 Å². The van der Waals surface area contributed by atoms with Crippen molar-refractivity contribution in [2.75, 3.05) is 5.32 Å². The highest BCUT2D eigenvalue weighted by atomic mass is 32.1. The van der Waals surface area contributed by atoms with E-state index >= 15 is 0 Å². The number of aromatic nitrogens is 2. The summed E-state index contributed by atoms with van der Waals surface area (Å²) in [4.78, 5) is 10.9. The lowest BCUT2D eigenvalue weighted by molar-refractivity contribution is 0.628. The van der Waals surface area contributed by atoms with E-state index in [1.54, 1.807) is 48.6 Å². The van der Waals surface area contributed by atoms with Gasteiger partial charge < -0.3 is 5.32 Å². The minimum absolute atomic E-state index is 0.289. The van der Waals surface area contributed by atoms with Crippen LogP contribution in [-0.4, -0.2) is 9.97 Å². The van der Waals surface area contributed by atoms with Crippen molar-refractivity contribution in [3.8, 4) is 11.1 Å². The van der Waals surface area contributed by atoms with Crippen LogP contribution in [-0.2, 0) is 0 Å². The van der Waals surface area contributed by atoms with E-state index in [4.69, 9.17) is 0 Å². The molecule has 0 aliphatic heterocycles. The van der Waals surface area contributed by atoms with E-state index in [0.717, 1.165) is 26.2 Å². The Balaban J connectivity index is 1.95. The van der Waals surface area contributed by atoms with Crippen molar-refractivity contribution < 1.29 is 8.78 Å². The van der Waals surface area contributed by atoms with Crippen LogP contribution in [0.1, 0.15) is 10.7 Å². The van der Waals surface area contributed by atoms with Crippen molar-refractivity contribution in [2.45, 2.75) is 13.8 Å². The van der Waals surface area contributed by atoms with Crippen LogP contribution in [0, 0.1) is 25.5 Å². The molecule has 0 spiro atoms. The van der Waals surface area contributed by atoms with Gasteiger partial charge in [-0.1, -0.05) is 24.3 Å². The average Bonchev–Trinajstić information content (AvgIpc) is 2.93. The molecule has 1 N–H and O–H groups in total. The number of hydrogen-bond acceptors (Lipinski definition) is 4. The largest absolute Gasteiger partial charge is 0.337 e. The predicted octanol–water partition coefficient (Wildman–Crippen LogP) is 6.00. The van der Waals surface area contributed by atoms with Crippen LogP contribution in [0.5, 0.6) is 0 Å². The number of benzene rings is 2. The van der Waals surface area contributed by atoms with Crippen molar-refractivity contribution in [1.82, 2.24) is 9.97 Å². The van der Waals surface area contributed by atoms with Gasteiger partial charge in [-0.05, 0) is 43.7 Å². The number of hydrogen-bond donors (Lipinski definition) is 1. The number of thiophene rings is 1. The summed E-state index contributed by atoms with van der Waals surface area (Å²) in [5.74, 6) is 0.499. The second kappa shape index (κ2) is 6.46. The van der Waals surface area contributed by atoms with E-state index < -0.39 is 0 Å². The van der Waals surface area contributed by atoms with Crippen molar-refractivity contribution in [3.05, 3.63) is 70.9 Å². The zero-order chi connectivity index (χ0) is 18.3. The molecule has 2 aromatic heterocycles. The normalized spacial score (nSPS) is 11.1. The van der Waals surface area contributed by atoms with Crippen molar-refractivity contribution >= 4 is 33.1 Å². The maximum absolute atomic E-state index is 14.1. The summed E-state index contributed by atoms with van der Waals surface area (Å²) in [6.45, 7) is 3.80. The highest BCUT2D eigenvalue weighted by molar-refractivity contribution is 7.19. The summed E-state index contributed by atoms with van der Waals surface area (Å²) in [7, 11) is 0. The maximum atomic E-state index is 14.1. The number of rotatable bonds is 3. The van der Waals surface area contributed by atoms with Crippen molar-refractivity contribution in [3.63, 3.8) is 0 Å². The number of fused-ring (bicyclic) bond motifs is 1. The van der Waals surface area contributed by atoms with Gasteiger partial charge in [-0.3, -0.25) is 0 Å². The molecule has 0 fully saturated rings. The van der Waals surface area contributed by atoms with Crippen LogP contribution in [0.4, 0.5) is 20.3 Å². The molecular weight excluding hydrogens is 352 g/mol. The monoisotopic (exact) mass is 367 g/mol. The number of halogens is 2. The first-order chi connectivity index (χ1) is 12.5. The fourth-order valence-corrected chi connectivity index (χ4v) is 4.05. The molecule has 0 aliphatic rings. The summed E-state index contributed by atoms with van der Waals surface area (Å²) in [5, 5.41) is 3.91. The summed E-state index contributed by atoms with van der Waals surface area (Å²) in [6, 6.07) is 12.8. The third-order valence-electron chi connectivity index (χ3n) is 4.10. The molecule has 2 heterocycles. The third kappa shape index (κ3) is 2.93. The molecule has 0 bridgehead atoms. The van der Waals surface area contributed by atoms with Gasteiger partial charge in [-0.25, -0.2) is 18.7 Å². The topological polar surface area (TPSA) is 37.8 Å². The summed E-state index contributed by atoms with van der Waals surface area (Å²) in [6.07, 6.45) is 0. The van der Waals surface area contributed by atoms with Gasteiger partial charge in [0.15, 0.2) is 0 Å². The van der Waals surface area contributed by atoms with E-state index in [9.17, 15) is 8.78 Å². The molecule has 6 heteroatoms. The van der Waals surface area contributed by atoms with Crippen molar-refractivity contribution in [1.29, 1.82) is 0 Å². The highest BCUT2D eigenvalue weighted by Crippen LogP contribution is 2.41. The minimum atomic E-state index is -0.354. The van der Waals surface area contributed by atoms with E-state index in [-0.39, 0.29) is 11.6 Å². The van der Waals surface area contributed by atoms with Gasteiger partial charge in [-0.2, -0.15) is 0 Å². The number of aryl methyl sites for hydroxylation is 2. The standard InChI is InChI=1S/C20H15F2N3S/c1-11-17(13-7-9-14(21)10-8-13)18-19(23-12(2)24-20(18)26-11)25-16-6-4-3-5-15(16)22/h3-10H,1-2H3,(H,23,24,25). The molecule has 2 aromatic carbocycles. The van der Waals surface area contributed by atoms with E-state index in [2.05, 4.69) is 15.3 Å². The Morgan fingerprint density at radius 3 is 2.38 bits per heavy atom. The number of para-hydroxylation sites is 1. The fourth-order valence-electron chi connectivity index (χ4n) is 2.96. The molecule has 0 aliphatic carbocycles. The molecule has 0 unspecified atom stereocenters. The first-order valence-corrected chi connectivity index (χ1v) is 8.90. The minimum Gasteiger partial charge on any atom is -0.337 e. The molecule has 0 saturated carbocycles. The third-order valence-corrected chi connectivity index (χ3v) is 5.10. The number of nitrogens with one attached hydrogen (secondary N) is 1. The van der Waals surface area contributed by atoms with Gasteiger partial charge in [0, 0.05) is 10.4 Å². The first-order valence-electron chi connectivity index (χ1n) is 8.08. The Bertz CT molecular complexity index is 1100. The Morgan fingerprint density at radius 1 is 0.923 bits per heavy atom. The second-order valence-corrected chi connectivity index (χ2v) is 7.15. The quantitative estimate of drug-likeness (QED) is 0.483. The maximum Gasteiger partial charge on any atom is 0.146 e. The molecule has 0 radical (unpaired) electrons. The van der Waals surface area contributed by atoms with Crippen LogP contribution < -0.4 is 5.32 Å². The SMILES string of the molecule is Cc1nc(Nc2ccccc2F)c2c(-c3ccc(F)cc3)c(C)sc2n1. The zero-order valence-electron chi connectivity index (χ0n) is 14.2. The van der Waals surface area contributed by atoms with E-state index in [0.29, 0.717) is 17.3 Å². The summed E-state index contributed by atoms with van der Waals surface area (Å²) in [5.41, 5.74) is 2.16. The van der Waals surface area contributed by atoms with Gasteiger partial charge in [0.1, 0.15) is 28.1 Å². The molecule has 0 amide bonds. The lowest BCUT2D eigenvalue weighted by Crippen LogP contribution is -2.00. The lowest BCUT2D eigenvalue weighted by atomic mass is 10.0. The van der Waals surface area contributed by atoms with Crippen LogP contribution in [0.3, 0.4) is 0 Å². The Morgan fingerprint density at radius 2 is 1.65 bits per heavy atom. The highest BCUT2D eigenvalue weighted by Gasteiger charge is 2.18. The molecule has 0 atom stereocenters. The van der Waals surface area contributed by atoms with Gasteiger partial charge in [-0.15, -0.1) is 11.3 Å². The molecule has 4 rings (SSSR count). The van der Waals surface area contributed by atoms with Crippen LogP contribution >= 0.6 is 11.3 Å². The van der Waals surface area contributed by atoms with Crippen LogP contribution in [0.2, 0.25) is 0 Å². The Labute approximate surface area is 153 Å². The molecule has 3 nitrogen and oxygen atoms in total. The Kier molecular flexibility index (Phi) is 4.12. The molecule has 130 valence electrons. The first kappa shape index (κ1) is 16.6. The molecular formula is C20H15F2N3S. The smallest absolute Gasteiger partial charge is 0.146 e. The van der Waals surface area contributed by atoms with Gasteiger partial charge in [0.25, 0.3) is 0 Å². The molecule has 26 heavy (non-hydrogen) atoms. The van der Waals surface area contributed by atoms with Gasteiger partial charge in [0.05, 0.1) is 11.1 Å².